The molecule has 2 amide bonds. The van der Waals surface area contributed by atoms with Crippen molar-refractivity contribution in [3.63, 3.8) is 0 Å². The summed E-state index contributed by atoms with van der Waals surface area (Å²) in [4.78, 5) is 29.3. The van der Waals surface area contributed by atoms with E-state index in [1.807, 2.05) is 12.1 Å². The van der Waals surface area contributed by atoms with E-state index in [4.69, 9.17) is 0 Å². The van der Waals surface area contributed by atoms with Crippen molar-refractivity contribution in [1.29, 1.82) is 0 Å². The highest BCUT2D eigenvalue weighted by atomic mass is 79.9. The number of amidine groups is 1. The number of likely N-dealkylation sites (tertiary alicyclic amines) is 1. The monoisotopic (exact) mass is 381 g/mol. The van der Waals surface area contributed by atoms with E-state index in [0.717, 1.165) is 9.37 Å². The molecule has 122 valence electrons. The quantitative estimate of drug-likeness (QED) is 0.718. The van der Waals surface area contributed by atoms with Gasteiger partial charge in [0.1, 0.15) is 5.84 Å². The number of nitrogens with zero attached hydrogens (tertiary/aromatic N) is 2. The summed E-state index contributed by atoms with van der Waals surface area (Å²) in [7, 11) is 0. The summed E-state index contributed by atoms with van der Waals surface area (Å²) in [5.74, 6) is -0.0130. The van der Waals surface area contributed by atoms with Crippen LogP contribution in [-0.2, 0) is 10.3 Å². The fourth-order valence-electron chi connectivity index (χ4n) is 2.97. The van der Waals surface area contributed by atoms with Gasteiger partial charge in [0.25, 0.3) is 5.91 Å². The number of nitrogens with one attached hydrogen (secondary N) is 1. The summed E-state index contributed by atoms with van der Waals surface area (Å²) in [6, 6.07) is 6.61. The van der Waals surface area contributed by atoms with Crippen LogP contribution in [0.4, 0.5) is 4.79 Å². The lowest BCUT2D eigenvalue weighted by atomic mass is 9.93. The fourth-order valence-corrected chi connectivity index (χ4v) is 3.23. The predicted octanol–water partition coefficient (Wildman–Crippen LogP) is 1.31. The zero-order chi connectivity index (χ0) is 16.8. The van der Waals surface area contributed by atoms with E-state index in [1.54, 1.807) is 19.1 Å². The third-order valence-corrected chi connectivity index (χ3v) is 4.80. The lowest BCUT2D eigenvalue weighted by molar-refractivity contribution is -0.123. The van der Waals surface area contributed by atoms with Gasteiger partial charge in [-0.1, -0.05) is 28.1 Å². The third-order valence-electron chi connectivity index (χ3n) is 4.27. The molecule has 0 radical (unpaired) electrons. The molecule has 1 saturated heterocycles. The number of amides is 2. The Hall–Kier alpha value is -1.93. The topological polar surface area (TPSA) is 102 Å². The van der Waals surface area contributed by atoms with Crippen LogP contribution in [0.2, 0.25) is 0 Å². The Morgan fingerprint density at radius 1 is 1.43 bits per heavy atom. The first kappa shape index (κ1) is 15.9. The van der Waals surface area contributed by atoms with Gasteiger partial charge in [0, 0.05) is 10.9 Å². The molecule has 1 unspecified atom stereocenters. The second-order valence-corrected chi connectivity index (χ2v) is 6.79. The first-order valence-electron chi connectivity index (χ1n) is 7.16. The summed E-state index contributed by atoms with van der Waals surface area (Å²) >= 11 is 3.35. The number of aliphatic imine (C=N–C) groups is 1. The molecule has 3 rings (SSSR count). The zero-order valence-electron chi connectivity index (χ0n) is 12.4. The van der Waals surface area contributed by atoms with E-state index in [1.165, 1.54) is 0 Å². The van der Waals surface area contributed by atoms with Gasteiger partial charge in [-0.2, -0.15) is 0 Å². The standard InChI is InChI=1S/C15H16BrN3O4/c1-15(8-2-4-9(16)5-3-8)13(21)17-12(18-15)11-6-10(20)7-19(11)14(22)23/h2-5,10-11,20H,6-7H2,1H3,(H,22,23)(H,17,18,21)/t10-,11?,15+/m1/s1. The molecule has 1 aromatic carbocycles. The van der Waals surface area contributed by atoms with E-state index in [9.17, 15) is 19.8 Å². The van der Waals surface area contributed by atoms with Crippen molar-refractivity contribution in [2.75, 3.05) is 6.54 Å². The van der Waals surface area contributed by atoms with Crippen LogP contribution in [-0.4, -0.2) is 51.6 Å². The first-order chi connectivity index (χ1) is 10.8. The van der Waals surface area contributed by atoms with E-state index < -0.39 is 23.8 Å². The number of aliphatic hydroxyl groups excluding tert-OH is 1. The van der Waals surface area contributed by atoms with Gasteiger partial charge in [0.15, 0.2) is 5.54 Å². The van der Waals surface area contributed by atoms with Gasteiger partial charge in [-0.3, -0.25) is 9.69 Å². The highest BCUT2D eigenvalue weighted by molar-refractivity contribution is 9.10. The largest absolute Gasteiger partial charge is 0.465 e. The van der Waals surface area contributed by atoms with Gasteiger partial charge in [-0.25, -0.2) is 9.79 Å². The third kappa shape index (κ3) is 2.72. The average molecular weight is 382 g/mol. The number of halogens is 1. The van der Waals surface area contributed by atoms with Crippen molar-refractivity contribution in [2.45, 2.75) is 31.0 Å². The molecular weight excluding hydrogens is 366 g/mol. The van der Waals surface area contributed by atoms with Crippen LogP contribution >= 0.6 is 15.9 Å². The number of β-amino-alcohol motifs (C(OH)–C–C–N with tert-alkyl or cyclic N) is 1. The summed E-state index contributed by atoms with van der Waals surface area (Å²) in [6.07, 6.45) is -1.67. The lowest BCUT2D eigenvalue weighted by Crippen LogP contribution is -2.45. The smallest absolute Gasteiger partial charge is 0.408 e. The molecule has 0 bridgehead atoms. The summed E-state index contributed by atoms with van der Waals surface area (Å²) in [5.41, 5.74) is -0.387. The molecule has 2 aliphatic heterocycles. The second-order valence-electron chi connectivity index (χ2n) is 5.87. The Balaban J connectivity index is 1.94. The molecule has 1 aromatic rings. The van der Waals surface area contributed by atoms with Gasteiger partial charge < -0.3 is 15.5 Å². The second kappa shape index (κ2) is 5.61. The number of carbonyl (C=O) groups is 2. The Morgan fingerprint density at radius 2 is 2.09 bits per heavy atom. The van der Waals surface area contributed by atoms with E-state index in [2.05, 4.69) is 26.2 Å². The minimum absolute atomic E-state index is 0.0177. The first-order valence-corrected chi connectivity index (χ1v) is 7.95. The van der Waals surface area contributed by atoms with Crippen molar-refractivity contribution in [3.05, 3.63) is 34.3 Å². The Kier molecular flexibility index (Phi) is 3.89. The molecule has 2 heterocycles. The maximum absolute atomic E-state index is 12.4. The minimum Gasteiger partial charge on any atom is -0.465 e. The Labute approximate surface area is 141 Å². The number of carboxylic acid groups (broad SMARTS) is 1. The van der Waals surface area contributed by atoms with Gasteiger partial charge in [0.05, 0.1) is 18.7 Å². The van der Waals surface area contributed by atoms with Crippen LogP contribution in [0.5, 0.6) is 0 Å². The van der Waals surface area contributed by atoms with Crippen molar-refractivity contribution >= 4 is 33.8 Å². The number of carbonyl (C=O) groups excluding carboxylic acids is 1. The van der Waals surface area contributed by atoms with Crippen molar-refractivity contribution < 1.29 is 19.8 Å². The molecule has 0 saturated carbocycles. The molecule has 3 N–H and O–H groups in total. The van der Waals surface area contributed by atoms with Gasteiger partial charge >= 0.3 is 6.09 Å². The molecule has 8 heteroatoms. The van der Waals surface area contributed by atoms with Crippen molar-refractivity contribution in [2.24, 2.45) is 4.99 Å². The Morgan fingerprint density at radius 3 is 2.70 bits per heavy atom. The summed E-state index contributed by atoms with van der Waals surface area (Å²) in [6.45, 7) is 1.71. The highest BCUT2D eigenvalue weighted by Gasteiger charge is 2.46. The lowest BCUT2D eigenvalue weighted by Gasteiger charge is -2.20. The maximum atomic E-state index is 12.4. The summed E-state index contributed by atoms with van der Waals surface area (Å²) in [5, 5.41) is 21.7. The highest BCUT2D eigenvalue weighted by Crippen LogP contribution is 2.32. The van der Waals surface area contributed by atoms with Crippen LogP contribution in [0.25, 0.3) is 0 Å². The molecule has 23 heavy (non-hydrogen) atoms. The molecular formula is C15H16BrN3O4. The molecule has 1 fully saturated rings. The van der Waals surface area contributed by atoms with Gasteiger partial charge in [0.2, 0.25) is 0 Å². The summed E-state index contributed by atoms with van der Waals surface area (Å²) < 4.78 is 0.892. The number of benzene rings is 1. The van der Waals surface area contributed by atoms with E-state index >= 15 is 0 Å². The maximum Gasteiger partial charge on any atom is 0.408 e. The average Bonchev–Trinajstić information content (AvgIpc) is 3.02. The van der Waals surface area contributed by atoms with Crippen LogP contribution in [0.15, 0.2) is 33.7 Å². The number of hydrogen-bond acceptors (Lipinski definition) is 4. The van der Waals surface area contributed by atoms with Gasteiger partial charge in [-0.05, 0) is 24.6 Å². The molecule has 0 aliphatic carbocycles. The Bertz CT molecular complexity index is 690. The number of rotatable bonds is 2. The van der Waals surface area contributed by atoms with E-state index in [0.29, 0.717) is 11.4 Å². The van der Waals surface area contributed by atoms with Crippen LogP contribution in [0.3, 0.4) is 0 Å². The van der Waals surface area contributed by atoms with Crippen molar-refractivity contribution in [1.82, 2.24) is 10.2 Å². The minimum atomic E-state index is -1.14. The molecule has 7 nitrogen and oxygen atoms in total. The number of hydrogen-bond donors (Lipinski definition) is 3. The number of aliphatic hydroxyl groups is 1. The molecule has 3 atom stereocenters. The van der Waals surface area contributed by atoms with Gasteiger partial charge in [-0.15, -0.1) is 0 Å². The molecule has 0 spiro atoms. The van der Waals surface area contributed by atoms with Crippen LogP contribution < -0.4 is 5.32 Å². The van der Waals surface area contributed by atoms with Crippen LogP contribution in [0, 0.1) is 0 Å². The normalized spacial score (nSPS) is 30.3. The predicted molar refractivity (Wildman–Crippen MR) is 86.2 cm³/mol. The SMILES string of the molecule is C[C@@]1(c2ccc(Br)cc2)N=C(C2C[C@@H](O)CN2C(=O)O)NC1=O. The molecule has 2 aliphatic rings. The molecule has 0 aromatic heterocycles. The zero-order valence-corrected chi connectivity index (χ0v) is 13.9. The van der Waals surface area contributed by atoms with Crippen LogP contribution in [0.1, 0.15) is 18.9 Å². The van der Waals surface area contributed by atoms with E-state index in [-0.39, 0.29) is 18.9 Å². The van der Waals surface area contributed by atoms with Crippen molar-refractivity contribution in [3.8, 4) is 0 Å². The fraction of sp³-hybridized carbons (Fsp3) is 0.400.